The lowest BCUT2D eigenvalue weighted by atomic mass is 9.94. The maximum absolute atomic E-state index is 11.9. The number of hydrogen-bond acceptors (Lipinski definition) is 2. The van der Waals surface area contributed by atoms with Crippen molar-refractivity contribution in [3.05, 3.63) is 12.2 Å². The third-order valence-corrected chi connectivity index (χ3v) is 2.90. The summed E-state index contributed by atoms with van der Waals surface area (Å²) >= 11 is 0. The maximum atomic E-state index is 11.9. The van der Waals surface area contributed by atoms with Crippen LogP contribution in [0, 0.1) is 11.8 Å². The average Bonchev–Trinajstić information content (AvgIpc) is 2.27. The lowest BCUT2D eigenvalue weighted by Crippen LogP contribution is -2.40. The van der Waals surface area contributed by atoms with Gasteiger partial charge in [-0.2, -0.15) is 0 Å². The van der Waals surface area contributed by atoms with Crippen molar-refractivity contribution < 1.29 is 14.7 Å². The summed E-state index contributed by atoms with van der Waals surface area (Å²) in [6, 6.07) is 0. The predicted octanol–water partition coefficient (Wildman–Crippen LogP) is 1.13. The van der Waals surface area contributed by atoms with Gasteiger partial charge in [-0.1, -0.05) is 26.0 Å². The van der Waals surface area contributed by atoms with E-state index in [-0.39, 0.29) is 5.91 Å². The Morgan fingerprint density at radius 2 is 1.93 bits per heavy atom. The molecule has 0 saturated heterocycles. The Kier molecular flexibility index (Phi) is 3.88. The second kappa shape index (κ2) is 4.96. The van der Waals surface area contributed by atoms with Gasteiger partial charge in [-0.25, -0.2) is 0 Å². The van der Waals surface area contributed by atoms with E-state index in [0.29, 0.717) is 13.1 Å². The van der Waals surface area contributed by atoms with Crippen molar-refractivity contribution in [2.75, 3.05) is 13.1 Å². The third-order valence-electron chi connectivity index (χ3n) is 2.90. The predicted molar refractivity (Wildman–Crippen MR) is 56.3 cm³/mol. The molecule has 0 aromatic carbocycles. The minimum atomic E-state index is -0.914. The van der Waals surface area contributed by atoms with Crippen LogP contribution in [0.25, 0.3) is 0 Å². The van der Waals surface area contributed by atoms with E-state index in [1.54, 1.807) is 18.7 Å². The molecule has 0 radical (unpaired) electrons. The van der Waals surface area contributed by atoms with Gasteiger partial charge in [0.25, 0.3) is 0 Å². The lowest BCUT2D eigenvalue weighted by Gasteiger charge is -2.27. The first-order valence-electron chi connectivity index (χ1n) is 5.20. The number of carboxylic acids is 1. The van der Waals surface area contributed by atoms with Crippen LogP contribution in [0.15, 0.2) is 12.2 Å². The average molecular weight is 211 g/mol. The number of aliphatic carboxylic acids is 1. The van der Waals surface area contributed by atoms with Gasteiger partial charge in [-0.3, -0.25) is 9.59 Å². The largest absolute Gasteiger partial charge is 0.481 e. The van der Waals surface area contributed by atoms with E-state index in [2.05, 4.69) is 0 Å². The van der Waals surface area contributed by atoms with Crippen LogP contribution < -0.4 is 0 Å². The topological polar surface area (TPSA) is 57.6 Å². The summed E-state index contributed by atoms with van der Waals surface area (Å²) in [7, 11) is 0. The smallest absolute Gasteiger partial charge is 0.307 e. The Hall–Kier alpha value is -1.32. The van der Waals surface area contributed by atoms with E-state index in [4.69, 9.17) is 5.11 Å². The molecule has 0 aliphatic carbocycles. The number of hydrogen-bond donors (Lipinski definition) is 1. The van der Waals surface area contributed by atoms with Crippen molar-refractivity contribution in [1.29, 1.82) is 0 Å². The van der Waals surface area contributed by atoms with Gasteiger partial charge in [0, 0.05) is 19.0 Å². The molecule has 0 saturated carbocycles. The Morgan fingerprint density at radius 3 is 2.40 bits per heavy atom. The number of carbonyl (C=O) groups is 2. The molecular formula is C11H17NO3. The van der Waals surface area contributed by atoms with Crippen molar-refractivity contribution in [3.63, 3.8) is 0 Å². The van der Waals surface area contributed by atoms with E-state index in [9.17, 15) is 9.59 Å². The van der Waals surface area contributed by atoms with Crippen LogP contribution in [-0.2, 0) is 9.59 Å². The highest BCUT2D eigenvalue weighted by Gasteiger charge is 2.29. The quantitative estimate of drug-likeness (QED) is 0.712. The van der Waals surface area contributed by atoms with E-state index < -0.39 is 17.8 Å². The van der Waals surface area contributed by atoms with Gasteiger partial charge in [0.15, 0.2) is 0 Å². The van der Waals surface area contributed by atoms with Gasteiger partial charge in [0.2, 0.25) is 5.91 Å². The molecule has 1 amide bonds. The van der Waals surface area contributed by atoms with Gasteiger partial charge in [-0.15, -0.1) is 0 Å². The molecule has 1 rings (SSSR count). The van der Waals surface area contributed by atoms with Crippen molar-refractivity contribution in [2.45, 2.75) is 20.3 Å². The number of carbonyl (C=O) groups excluding carboxylic acids is 1. The summed E-state index contributed by atoms with van der Waals surface area (Å²) in [4.78, 5) is 24.3. The SMILES string of the molecule is CC(C(=O)O)C(C)C(=O)N1CC=CCC1. The molecule has 2 atom stereocenters. The van der Waals surface area contributed by atoms with Crippen LogP contribution in [0.4, 0.5) is 0 Å². The number of rotatable bonds is 3. The third kappa shape index (κ3) is 2.81. The van der Waals surface area contributed by atoms with Crippen molar-refractivity contribution >= 4 is 11.9 Å². The standard InChI is InChI=1S/C11H17NO3/c1-8(9(2)11(14)15)10(13)12-6-4-3-5-7-12/h3-4,8-9H,5-7H2,1-2H3,(H,14,15). The summed E-state index contributed by atoms with van der Waals surface area (Å²) in [5, 5.41) is 8.81. The van der Waals surface area contributed by atoms with Crippen LogP contribution in [0.5, 0.6) is 0 Å². The zero-order chi connectivity index (χ0) is 11.4. The molecule has 15 heavy (non-hydrogen) atoms. The van der Waals surface area contributed by atoms with Crippen LogP contribution in [0.1, 0.15) is 20.3 Å². The second-order valence-corrected chi connectivity index (χ2v) is 3.96. The Balaban J connectivity index is 2.59. The minimum absolute atomic E-state index is 0.0609. The van der Waals surface area contributed by atoms with Crippen molar-refractivity contribution in [2.24, 2.45) is 11.8 Å². The molecule has 0 aromatic heterocycles. The highest BCUT2D eigenvalue weighted by atomic mass is 16.4. The highest BCUT2D eigenvalue weighted by Crippen LogP contribution is 2.16. The van der Waals surface area contributed by atoms with E-state index in [1.165, 1.54) is 0 Å². The summed E-state index contributed by atoms with van der Waals surface area (Å²) in [5.74, 6) is -2.05. The molecule has 4 nitrogen and oxygen atoms in total. The molecule has 1 aliphatic heterocycles. The van der Waals surface area contributed by atoms with Gasteiger partial charge < -0.3 is 10.0 Å². The van der Waals surface area contributed by atoms with Gasteiger partial charge in [0.05, 0.1) is 5.92 Å². The van der Waals surface area contributed by atoms with Crippen LogP contribution in [-0.4, -0.2) is 35.0 Å². The first-order chi connectivity index (χ1) is 7.04. The fourth-order valence-electron chi connectivity index (χ4n) is 1.56. The van der Waals surface area contributed by atoms with Gasteiger partial charge in [0.1, 0.15) is 0 Å². The number of amides is 1. The number of carboxylic acid groups (broad SMARTS) is 1. The lowest BCUT2D eigenvalue weighted by molar-refractivity contribution is -0.149. The molecule has 1 N–H and O–H groups in total. The molecular weight excluding hydrogens is 194 g/mol. The Labute approximate surface area is 89.6 Å². The van der Waals surface area contributed by atoms with Crippen molar-refractivity contribution in [1.82, 2.24) is 4.90 Å². The zero-order valence-corrected chi connectivity index (χ0v) is 9.14. The van der Waals surface area contributed by atoms with Crippen LogP contribution in [0.3, 0.4) is 0 Å². The molecule has 0 aromatic rings. The number of nitrogens with zero attached hydrogens (tertiary/aromatic N) is 1. The van der Waals surface area contributed by atoms with E-state index in [1.807, 2.05) is 12.2 Å². The first kappa shape index (κ1) is 11.8. The normalized spacial score (nSPS) is 19.7. The van der Waals surface area contributed by atoms with Crippen LogP contribution in [0.2, 0.25) is 0 Å². The fourth-order valence-corrected chi connectivity index (χ4v) is 1.56. The summed E-state index contributed by atoms with van der Waals surface area (Å²) < 4.78 is 0. The molecule has 1 aliphatic rings. The molecule has 2 unspecified atom stereocenters. The highest BCUT2D eigenvalue weighted by molar-refractivity contribution is 5.84. The molecule has 0 bridgehead atoms. The van der Waals surface area contributed by atoms with Crippen molar-refractivity contribution in [3.8, 4) is 0 Å². The molecule has 4 heteroatoms. The molecule has 84 valence electrons. The van der Waals surface area contributed by atoms with Gasteiger partial charge in [-0.05, 0) is 6.42 Å². The van der Waals surface area contributed by atoms with Gasteiger partial charge >= 0.3 is 5.97 Å². The minimum Gasteiger partial charge on any atom is -0.481 e. The fraction of sp³-hybridized carbons (Fsp3) is 0.636. The Bertz CT molecular complexity index is 286. The second-order valence-electron chi connectivity index (χ2n) is 3.96. The van der Waals surface area contributed by atoms with E-state index in [0.717, 1.165) is 6.42 Å². The summed E-state index contributed by atoms with van der Waals surface area (Å²) in [5.41, 5.74) is 0. The Morgan fingerprint density at radius 1 is 1.27 bits per heavy atom. The molecule has 0 spiro atoms. The summed E-state index contributed by atoms with van der Waals surface area (Å²) in [6.07, 6.45) is 4.84. The maximum Gasteiger partial charge on any atom is 0.307 e. The monoisotopic (exact) mass is 211 g/mol. The molecule has 1 heterocycles. The zero-order valence-electron chi connectivity index (χ0n) is 9.14. The summed E-state index contributed by atoms with van der Waals surface area (Å²) in [6.45, 7) is 4.56. The van der Waals surface area contributed by atoms with E-state index >= 15 is 0 Å². The molecule has 0 fully saturated rings. The first-order valence-corrected chi connectivity index (χ1v) is 5.20. The van der Waals surface area contributed by atoms with Crippen LogP contribution >= 0.6 is 0 Å².